The molecule has 0 spiro atoms. The Balaban J connectivity index is 0.00000361. The summed E-state index contributed by atoms with van der Waals surface area (Å²) in [7, 11) is -3.46. The van der Waals surface area contributed by atoms with E-state index in [9.17, 15) is 8.42 Å². The molecule has 0 aliphatic rings. The lowest BCUT2D eigenvalue weighted by Gasteiger charge is -2.13. The minimum absolute atomic E-state index is 0. The van der Waals surface area contributed by atoms with Gasteiger partial charge in [-0.3, -0.25) is 0 Å². The minimum atomic E-state index is -3.46. The van der Waals surface area contributed by atoms with Gasteiger partial charge in [0, 0.05) is 6.54 Å². The Bertz CT molecular complexity index is 518. The minimum Gasteiger partial charge on any atom is -0.491 e. The molecule has 0 bridgehead atoms. The summed E-state index contributed by atoms with van der Waals surface area (Å²) in [5, 5.41) is 0. The first kappa shape index (κ1) is 19.2. The predicted octanol–water partition coefficient (Wildman–Crippen LogP) is 1.83. The Morgan fingerprint density at radius 2 is 2.00 bits per heavy atom. The van der Waals surface area contributed by atoms with Crippen molar-refractivity contribution in [1.82, 2.24) is 4.72 Å². The maximum Gasteiger partial charge on any atom is 0.240 e. The molecular formula is C13H23ClN2O3S. The zero-order valence-electron chi connectivity index (χ0n) is 12.0. The molecule has 1 rings (SSSR count). The second-order valence-electron chi connectivity index (χ2n) is 4.63. The third kappa shape index (κ3) is 5.66. The number of rotatable bonds is 7. The molecular weight excluding hydrogens is 300 g/mol. The van der Waals surface area contributed by atoms with E-state index >= 15 is 0 Å². The third-order valence-corrected chi connectivity index (χ3v) is 3.95. The van der Waals surface area contributed by atoms with Crippen molar-refractivity contribution in [2.75, 3.05) is 13.1 Å². The molecule has 1 aromatic carbocycles. The van der Waals surface area contributed by atoms with Gasteiger partial charge in [-0.05, 0) is 57.5 Å². The van der Waals surface area contributed by atoms with Crippen LogP contribution in [0.3, 0.4) is 0 Å². The SMILES string of the molecule is Cc1cc(S(=O)(=O)NCCCN)ccc1OC(C)C.Cl. The number of halogens is 1. The highest BCUT2D eigenvalue weighted by Gasteiger charge is 2.15. The number of hydrogen-bond donors (Lipinski definition) is 2. The van der Waals surface area contributed by atoms with Gasteiger partial charge >= 0.3 is 0 Å². The van der Waals surface area contributed by atoms with Gasteiger partial charge in [-0.2, -0.15) is 0 Å². The maximum atomic E-state index is 12.0. The fraction of sp³-hybridized carbons (Fsp3) is 0.538. The Hall–Kier alpha value is -0.820. The van der Waals surface area contributed by atoms with Crippen LogP contribution in [0.1, 0.15) is 25.8 Å². The molecule has 0 radical (unpaired) electrons. The first-order valence-electron chi connectivity index (χ1n) is 6.34. The monoisotopic (exact) mass is 322 g/mol. The maximum absolute atomic E-state index is 12.0. The van der Waals surface area contributed by atoms with Gasteiger partial charge in [-0.1, -0.05) is 0 Å². The van der Waals surface area contributed by atoms with Gasteiger partial charge in [0.1, 0.15) is 5.75 Å². The van der Waals surface area contributed by atoms with Crippen molar-refractivity contribution < 1.29 is 13.2 Å². The molecule has 116 valence electrons. The highest BCUT2D eigenvalue weighted by atomic mass is 35.5. The van der Waals surface area contributed by atoms with Crippen molar-refractivity contribution in [2.45, 2.75) is 38.2 Å². The van der Waals surface area contributed by atoms with Crippen LogP contribution in [0.25, 0.3) is 0 Å². The Morgan fingerprint density at radius 3 is 2.50 bits per heavy atom. The average molecular weight is 323 g/mol. The zero-order chi connectivity index (χ0) is 14.5. The molecule has 20 heavy (non-hydrogen) atoms. The van der Waals surface area contributed by atoms with E-state index in [1.165, 1.54) is 0 Å². The van der Waals surface area contributed by atoms with Gasteiger partial charge in [-0.25, -0.2) is 13.1 Å². The summed E-state index contributed by atoms with van der Waals surface area (Å²) < 4.78 is 32.1. The second-order valence-corrected chi connectivity index (χ2v) is 6.40. The van der Waals surface area contributed by atoms with E-state index in [2.05, 4.69) is 4.72 Å². The summed E-state index contributed by atoms with van der Waals surface area (Å²) in [6, 6.07) is 4.85. The number of ether oxygens (including phenoxy) is 1. The third-order valence-electron chi connectivity index (χ3n) is 2.49. The summed E-state index contributed by atoms with van der Waals surface area (Å²) in [6.07, 6.45) is 0.677. The van der Waals surface area contributed by atoms with E-state index in [0.29, 0.717) is 25.3 Å². The Morgan fingerprint density at radius 1 is 1.35 bits per heavy atom. The Kier molecular flexibility index (Phi) is 8.12. The molecule has 0 saturated heterocycles. The number of nitrogens with two attached hydrogens (primary N) is 1. The van der Waals surface area contributed by atoms with Gasteiger partial charge in [0.15, 0.2) is 0 Å². The number of nitrogens with one attached hydrogen (secondary N) is 1. The second kappa shape index (κ2) is 8.46. The highest BCUT2D eigenvalue weighted by molar-refractivity contribution is 7.89. The van der Waals surface area contributed by atoms with Crippen LogP contribution in [0, 0.1) is 6.92 Å². The van der Waals surface area contributed by atoms with Crippen LogP contribution in [0.15, 0.2) is 23.1 Å². The quantitative estimate of drug-likeness (QED) is 0.750. The standard InChI is InChI=1S/C13H22N2O3S.ClH/c1-10(2)18-13-6-5-12(9-11(13)3)19(16,17)15-8-4-7-14;/h5-6,9-10,15H,4,7-8,14H2,1-3H3;1H. The predicted molar refractivity (Wildman–Crippen MR) is 83.1 cm³/mol. The molecule has 0 amide bonds. The largest absolute Gasteiger partial charge is 0.491 e. The van der Waals surface area contributed by atoms with E-state index in [0.717, 1.165) is 5.56 Å². The van der Waals surface area contributed by atoms with Crippen LogP contribution in [0.2, 0.25) is 0 Å². The molecule has 0 aliphatic carbocycles. The van der Waals surface area contributed by atoms with Gasteiger partial charge < -0.3 is 10.5 Å². The van der Waals surface area contributed by atoms with Crippen molar-refractivity contribution in [3.63, 3.8) is 0 Å². The molecule has 0 aromatic heterocycles. The van der Waals surface area contributed by atoms with Crippen LogP contribution >= 0.6 is 12.4 Å². The summed E-state index contributed by atoms with van der Waals surface area (Å²) in [4.78, 5) is 0.248. The van der Waals surface area contributed by atoms with Crippen LogP contribution < -0.4 is 15.2 Å². The van der Waals surface area contributed by atoms with Crippen molar-refractivity contribution in [3.05, 3.63) is 23.8 Å². The molecule has 1 aromatic rings. The van der Waals surface area contributed by atoms with Crippen LogP contribution in [0.4, 0.5) is 0 Å². The van der Waals surface area contributed by atoms with Crippen LogP contribution in [-0.2, 0) is 10.0 Å². The molecule has 0 fully saturated rings. The van der Waals surface area contributed by atoms with Gasteiger partial charge in [0.05, 0.1) is 11.0 Å². The average Bonchev–Trinajstić information content (AvgIpc) is 2.31. The molecule has 0 saturated carbocycles. The number of benzene rings is 1. The number of aryl methyl sites for hydroxylation is 1. The van der Waals surface area contributed by atoms with Gasteiger partial charge in [0.25, 0.3) is 0 Å². The molecule has 7 heteroatoms. The van der Waals surface area contributed by atoms with Crippen LogP contribution in [0.5, 0.6) is 5.75 Å². The van der Waals surface area contributed by atoms with Gasteiger partial charge in [-0.15, -0.1) is 12.4 Å². The molecule has 0 heterocycles. The lowest BCUT2D eigenvalue weighted by atomic mass is 10.2. The first-order chi connectivity index (χ1) is 8.86. The topological polar surface area (TPSA) is 81.4 Å². The summed E-state index contributed by atoms with van der Waals surface area (Å²) in [5.41, 5.74) is 6.14. The van der Waals surface area contributed by atoms with E-state index < -0.39 is 10.0 Å². The molecule has 0 atom stereocenters. The molecule has 3 N–H and O–H groups in total. The van der Waals surface area contributed by atoms with Crippen molar-refractivity contribution in [1.29, 1.82) is 0 Å². The molecule has 5 nitrogen and oxygen atoms in total. The summed E-state index contributed by atoms with van der Waals surface area (Å²) in [6.45, 7) is 6.50. The lowest BCUT2D eigenvalue weighted by Crippen LogP contribution is -2.26. The van der Waals surface area contributed by atoms with Crippen molar-refractivity contribution >= 4 is 22.4 Å². The zero-order valence-corrected chi connectivity index (χ0v) is 13.7. The van der Waals surface area contributed by atoms with Crippen molar-refractivity contribution in [2.24, 2.45) is 5.73 Å². The fourth-order valence-electron chi connectivity index (χ4n) is 1.57. The summed E-state index contributed by atoms with van der Waals surface area (Å²) in [5.74, 6) is 0.705. The molecule has 0 unspecified atom stereocenters. The normalized spacial score (nSPS) is 11.2. The Labute approximate surface area is 127 Å². The molecule has 0 aliphatic heterocycles. The highest BCUT2D eigenvalue weighted by Crippen LogP contribution is 2.22. The summed E-state index contributed by atoms with van der Waals surface area (Å²) >= 11 is 0. The van der Waals surface area contributed by atoms with Crippen molar-refractivity contribution in [3.8, 4) is 5.75 Å². The fourth-order valence-corrected chi connectivity index (χ4v) is 2.73. The van der Waals surface area contributed by atoms with E-state index in [1.54, 1.807) is 18.2 Å². The number of hydrogen-bond acceptors (Lipinski definition) is 4. The van der Waals surface area contributed by atoms with E-state index in [4.69, 9.17) is 10.5 Å². The van der Waals surface area contributed by atoms with Crippen LogP contribution in [-0.4, -0.2) is 27.6 Å². The number of sulfonamides is 1. The van der Waals surface area contributed by atoms with E-state index in [-0.39, 0.29) is 23.4 Å². The van der Waals surface area contributed by atoms with E-state index in [1.807, 2.05) is 20.8 Å². The lowest BCUT2D eigenvalue weighted by molar-refractivity contribution is 0.240. The smallest absolute Gasteiger partial charge is 0.240 e. The first-order valence-corrected chi connectivity index (χ1v) is 7.82. The van der Waals surface area contributed by atoms with Gasteiger partial charge in [0.2, 0.25) is 10.0 Å².